The highest BCUT2D eigenvalue weighted by Gasteiger charge is 2.08. The Balaban J connectivity index is 2.28. The highest BCUT2D eigenvalue weighted by Crippen LogP contribution is 2.23. The largest absolute Gasteiger partial charge is 0.340 e. The molecule has 0 aliphatic carbocycles. The van der Waals surface area contributed by atoms with Crippen molar-refractivity contribution in [1.82, 2.24) is 4.57 Å². The summed E-state index contributed by atoms with van der Waals surface area (Å²) in [7, 11) is 0. The van der Waals surface area contributed by atoms with Gasteiger partial charge < -0.3 is 4.57 Å². The summed E-state index contributed by atoms with van der Waals surface area (Å²) in [5.74, 6) is 0.0766. The van der Waals surface area contributed by atoms with Crippen molar-refractivity contribution in [3.05, 3.63) is 45.4 Å². The first-order valence-electron chi connectivity index (χ1n) is 4.56. The monoisotopic (exact) mass is 239 g/mol. The zero-order valence-electron chi connectivity index (χ0n) is 8.24. The van der Waals surface area contributed by atoms with E-state index in [1.54, 1.807) is 18.3 Å². The summed E-state index contributed by atoms with van der Waals surface area (Å²) >= 11 is 7.60. The van der Waals surface area contributed by atoms with E-state index in [4.69, 9.17) is 11.6 Å². The second kappa shape index (κ2) is 4.21. The van der Waals surface area contributed by atoms with E-state index in [0.29, 0.717) is 6.54 Å². The summed E-state index contributed by atoms with van der Waals surface area (Å²) in [6.45, 7) is 2.24. The predicted molar refractivity (Wildman–Crippen MR) is 62.9 cm³/mol. The number of nitrogens with zero attached hydrogens (tertiary/aromatic N) is 1. The van der Waals surface area contributed by atoms with Crippen molar-refractivity contribution < 1.29 is 4.79 Å². The van der Waals surface area contributed by atoms with Gasteiger partial charge in [-0.15, -0.1) is 11.3 Å². The van der Waals surface area contributed by atoms with Crippen LogP contribution in [0.15, 0.2) is 29.8 Å². The van der Waals surface area contributed by atoms with E-state index >= 15 is 0 Å². The topological polar surface area (TPSA) is 22.0 Å². The van der Waals surface area contributed by atoms with Crippen LogP contribution in [0, 0.1) is 0 Å². The fourth-order valence-corrected chi connectivity index (χ4v) is 2.56. The van der Waals surface area contributed by atoms with E-state index in [1.165, 1.54) is 0 Å². The molecule has 0 amide bonds. The third-order valence-electron chi connectivity index (χ3n) is 2.20. The minimum Gasteiger partial charge on any atom is -0.340 e. The average molecular weight is 240 g/mol. The molecule has 2 heterocycles. The average Bonchev–Trinajstić information content (AvgIpc) is 2.77. The minimum absolute atomic E-state index is 0.0766. The van der Waals surface area contributed by atoms with Crippen LogP contribution in [-0.2, 0) is 6.54 Å². The minimum atomic E-state index is 0.0766. The lowest BCUT2D eigenvalue weighted by atomic mass is 10.3. The van der Waals surface area contributed by atoms with Gasteiger partial charge in [0.05, 0.1) is 17.3 Å². The zero-order chi connectivity index (χ0) is 10.8. The van der Waals surface area contributed by atoms with Crippen molar-refractivity contribution in [2.45, 2.75) is 13.5 Å². The van der Waals surface area contributed by atoms with E-state index in [9.17, 15) is 4.79 Å². The van der Waals surface area contributed by atoms with Crippen LogP contribution in [0.3, 0.4) is 0 Å². The second-order valence-corrected chi connectivity index (χ2v) is 4.68. The fourth-order valence-electron chi connectivity index (χ4n) is 1.46. The number of hydrogen-bond donors (Lipinski definition) is 0. The first-order chi connectivity index (χ1) is 7.18. The van der Waals surface area contributed by atoms with Crippen LogP contribution >= 0.6 is 22.9 Å². The third kappa shape index (κ3) is 2.13. The Morgan fingerprint density at radius 1 is 1.53 bits per heavy atom. The molecule has 0 saturated carbocycles. The molecule has 2 nitrogen and oxygen atoms in total. The number of hydrogen-bond acceptors (Lipinski definition) is 2. The Hall–Kier alpha value is -1.06. The molecule has 0 aliphatic rings. The first-order valence-corrected chi connectivity index (χ1v) is 5.82. The summed E-state index contributed by atoms with van der Waals surface area (Å²) in [5.41, 5.74) is 0.722. The van der Waals surface area contributed by atoms with Gasteiger partial charge in [0.15, 0.2) is 5.78 Å². The van der Waals surface area contributed by atoms with Crippen LogP contribution in [0.1, 0.15) is 22.3 Å². The van der Waals surface area contributed by atoms with E-state index in [1.807, 2.05) is 34.3 Å². The molecule has 2 aromatic rings. The van der Waals surface area contributed by atoms with Crippen molar-refractivity contribution >= 4 is 28.7 Å². The lowest BCUT2D eigenvalue weighted by Crippen LogP contribution is -2.05. The van der Waals surface area contributed by atoms with Crippen LogP contribution in [0.2, 0.25) is 5.02 Å². The summed E-state index contributed by atoms with van der Waals surface area (Å²) < 4.78 is 1.92. The molecule has 4 heteroatoms. The standard InChI is InChI=1S/C11H10ClNOS/c1-8(14)10-3-2-5-13(10)7-11-9(12)4-6-15-11/h2-6H,7H2,1H3. The number of carbonyl (C=O) groups is 1. The van der Waals surface area contributed by atoms with Gasteiger partial charge in [-0.2, -0.15) is 0 Å². The molecule has 2 aromatic heterocycles. The number of rotatable bonds is 3. The number of carbonyl (C=O) groups excluding carboxylic acids is 1. The molecule has 0 radical (unpaired) electrons. The molecule has 0 unspecified atom stereocenters. The van der Waals surface area contributed by atoms with Crippen molar-refractivity contribution in [3.63, 3.8) is 0 Å². The van der Waals surface area contributed by atoms with E-state index in [-0.39, 0.29) is 5.78 Å². The van der Waals surface area contributed by atoms with Crippen molar-refractivity contribution in [3.8, 4) is 0 Å². The number of halogens is 1. The normalized spacial score (nSPS) is 10.5. The van der Waals surface area contributed by atoms with Crippen LogP contribution in [0.25, 0.3) is 0 Å². The van der Waals surface area contributed by atoms with E-state index in [0.717, 1.165) is 15.6 Å². The summed E-state index contributed by atoms with van der Waals surface area (Å²) in [5, 5.41) is 2.72. The van der Waals surface area contributed by atoms with Gasteiger partial charge in [-0.3, -0.25) is 4.79 Å². The molecule has 0 spiro atoms. The lowest BCUT2D eigenvalue weighted by molar-refractivity contribution is 0.100. The van der Waals surface area contributed by atoms with Gasteiger partial charge in [0.1, 0.15) is 0 Å². The molecule has 0 bridgehead atoms. The highest BCUT2D eigenvalue weighted by molar-refractivity contribution is 7.10. The molecule has 0 aromatic carbocycles. The fraction of sp³-hybridized carbons (Fsp3) is 0.182. The quantitative estimate of drug-likeness (QED) is 0.752. The van der Waals surface area contributed by atoms with Crippen LogP contribution in [0.5, 0.6) is 0 Å². The molecular formula is C11H10ClNOS. The Morgan fingerprint density at radius 3 is 2.93 bits per heavy atom. The zero-order valence-corrected chi connectivity index (χ0v) is 9.81. The van der Waals surface area contributed by atoms with Crippen molar-refractivity contribution in [2.75, 3.05) is 0 Å². The molecular weight excluding hydrogens is 230 g/mol. The molecule has 0 aliphatic heterocycles. The maximum absolute atomic E-state index is 11.3. The summed E-state index contributed by atoms with van der Waals surface area (Å²) in [4.78, 5) is 12.4. The van der Waals surface area contributed by atoms with Gasteiger partial charge in [0.2, 0.25) is 0 Å². The first kappa shape index (κ1) is 10.5. The number of ketones is 1. The number of thiophene rings is 1. The summed E-state index contributed by atoms with van der Waals surface area (Å²) in [6, 6.07) is 5.57. The third-order valence-corrected chi connectivity index (χ3v) is 3.57. The van der Waals surface area contributed by atoms with E-state index in [2.05, 4.69) is 0 Å². The summed E-state index contributed by atoms with van der Waals surface area (Å²) in [6.07, 6.45) is 1.90. The van der Waals surface area contributed by atoms with Crippen LogP contribution in [0.4, 0.5) is 0 Å². The second-order valence-electron chi connectivity index (χ2n) is 3.27. The molecule has 0 saturated heterocycles. The van der Waals surface area contributed by atoms with Crippen molar-refractivity contribution in [2.24, 2.45) is 0 Å². The SMILES string of the molecule is CC(=O)c1cccn1Cc1sccc1Cl. The van der Waals surface area contributed by atoms with Gasteiger partial charge in [-0.1, -0.05) is 11.6 Å². The van der Waals surface area contributed by atoms with Gasteiger partial charge in [-0.05, 0) is 23.6 Å². The van der Waals surface area contributed by atoms with Crippen LogP contribution in [-0.4, -0.2) is 10.4 Å². The van der Waals surface area contributed by atoms with Gasteiger partial charge >= 0.3 is 0 Å². The predicted octanol–water partition coefficient (Wildman–Crippen LogP) is 3.45. The van der Waals surface area contributed by atoms with E-state index < -0.39 is 0 Å². The maximum atomic E-state index is 11.3. The number of aromatic nitrogens is 1. The molecule has 0 fully saturated rings. The van der Waals surface area contributed by atoms with Crippen LogP contribution < -0.4 is 0 Å². The molecule has 78 valence electrons. The van der Waals surface area contributed by atoms with Gasteiger partial charge in [0.25, 0.3) is 0 Å². The smallest absolute Gasteiger partial charge is 0.176 e. The Morgan fingerprint density at radius 2 is 2.33 bits per heavy atom. The number of Topliss-reactive ketones (excluding diaryl/α,β-unsaturated/α-hetero) is 1. The Labute approximate surface area is 97.1 Å². The highest BCUT2D eigenvalue weighted by atomic mass is 35.5. The Kier molecular flexibility index (Phi) is 2.93. The Bertz CT molecular complexity index is 486. The maximum Gasteiger partial charge on any atom is 0.176 e. The lowest BCUT2D eigenvalue weighted by Gasteiger charge is -2.05. The van der Waals surface area contributed by atoms with Gasteiger partial charge in [-0.25, -0.2) is 0 Å². The molecule has 15 heavy (non-hydrogen) atoms. The van der Waals surface area contributed by atoms with Gasteiger partial charge in [0, 0.05) is 18.0 Å². The van der Waals surface area contributed by atoms with Crippen molar-refractivity contribution in [1.29, 1.82) is 0 Å². The molecule has 0 atom stereocenters. The molecule has 0 N–H and O–H groups in total. The molecule has 2 rings (SSSR count).